The molecule has 0 atom stereocenters. The molecule has 0 aliphatic rings. The Kier molecular flexibility index (Phi) is 7.04. The summed E-state index contributed by atoms with van der Waals surface area (Å²) < 4.78 is 10.4. The van der Waals surface area contributed by atoms with Crippen LogP contribution in [0.25, 0.3) is 0 Å². The summed E-state index contributed by atoms with van der Waals surface area (Å²) in [6.07, 6.45) is -0.242. The van der Waals surface area contributed by atoms with Crippen molar-refractivity contribution in [1.82, 2.24) is 5.32 Å². The third-order valence-corrected chi connectivity index (χ3v) is 4.29. The van der Waals surface area contributed by atoms with Crippen molar-refractivity contribution in [3.63, 3.8) is 0 Å². The van der Waals surface area contributed by atoms with Crippen molar-refractivity contribution < 1.29 is 19.1 Å². The van der Waals surface area contributed by atoms with Crippen LogP contribution in [-0.4, -0.2) is 26.0 Å². The van der Waals surface area contributed by atoms with Crippen molar-refractivity contribution >= 4 is 17.5 Å². The smallest absolute Gasteiger partial charge is 0.233 e. The average molecular weight is 384 g/mol. The molecule has 2 aromatic carbocycles. The van der Waals surface area contributed by atoms with Crippen LogP contribution in [0.15, 0.2) is 42.5 Å². The first-order valence-corrected chi connectivity index (χ1v) is 9.11. The summed E-state index contributed by atoms with van der Waals surface area (Å²) in [5.41, 5.74) is 2.75. The van der Waals surface area contributed by atoms with E-state index in [0.29, 0.717) is 23.7 Å². The van der Waals surface area contributed by atoms with E-state index in [1.807, 2.05) is 30.3 Å². The van der Waals surface area contributed by atoms with Crippen LogP contribution >= 0.6 is 0 Å². The highest BCUT2D eigenvalue weighted by molar-refractivity contribution is 6.03. The Labute approximate surface area is 166 Å². The third-order valence-electron chi connectivity index (χ3n) is 4.29. The van der Waals surface area contributed by atoms with E-state index in [-0.39, 0.29) is 23.7 Å². The van der Waals surface area contributed by atoms with E-state index in [9.17, 15) is 9.59 Å². The van der Waals surface area contributed by atoms with Gasteiger partial charge in [-0.3, -0.25) is 9.59 Å². The van der Waals surface area contributed by atoms with E-state index < -0.39 is 0 Å². The first-order valence-electron chi connectivity index (χ1n) is 9.11. The second-order valence-electron chi connectivity index (χ2n) is 7.52. The second kappa shape index (κ2) is 9.26. The molecular weight excluding hydrogens is 356 g/mol. The molecule has 0 saturated heterocycles. The topological polar surface area (TPSA) is 76.7 Å². The summed E-state index contributed by atoms with van der Waals surface area (Å²) in [5, 5.41) is 5.48. The summed E-state index contributed by atoms with van der Waals surface area (Å²) in [7, 11) is 3.12. The van der Waals surface area contributed by atoms with Crippen LogP contribution in [0.1, 0.15) is 38.3 Å². The second-order valence-corrected chi connectivity index (χ2v) is 7.52. The van der Waals surface area contributed by atoms with Crippen LogP contribution in [0.5, 0.6) is 11.5 Å². The predicted molar refractivity (Wildman–Crippen MR) is 110 cm³/mol. The Balaban J connectivity index is 1.85. The van der Waals surface area contributed by atoms with Gasteiger partial charge in [0.1, 0.15) is 6.42 Å². The molecular formula is C22H28N2O4. The molecule has 0 heterocycles. The Morgan fingerprint density at radius 3 is 2.11 bits per heavy atom. The Hall–Kier alpha value is -3.02. The van der Waals surface area contributed by atoms with Gasteiger partial charge in [0, 0.05) is 12.2 Å². The predicted octanol–water partition coefficient (Wildman–Crippen LogP) is 3.65. The maximum atomic E-state index is 12.1. The number of carbonyl (C=O) groups is 2. The van der Waals surface area contributed by atoms with Crippen LogP contribution in [0, 0.1) is 0 Å². The molecule has 0 unspecified atom stereocenters. The zero-order valence-corrected chi connectivity index (χ0v) is 17.1. The van der Waals surface area contributed by atoms with E-state index in [1.165, 1.54) is 5.56 Å². The highest BCUT2D eigenvalue weighted by atomic mass is 16.5. The lowest BCUT2D eigenvalue weighted by Crippen LogP contribution is -2.27. The van der Waals surface area contributed by atoms with Crippen LogP contribution in [-0.2, 0) is 21.5 Å². The molecule has 0 bridgehead atoms. The van der Waals surface area contributed by atoms with Gasteiger partial charge in [-0.2, -0.15) is 0 Å². The van der Waals surface area contributed by atoms with E-state index >= 15 is 0 Å². The minimum Gasteiger partial charge on any atom is -0.493 e. The summed E-state index contributed by atoms with van der Waals surface area (Å²) in [4.78, 5) is 24.1. The van der Waals surface area contributed by atoms with Crippen molar-refractivity contribution in [2.24, 2.45) is 0 Å². The summed E-state index contributed by atoms with van der Waals surface area (Å²) >= 11 is 0. The lowest BCUT2D eigenvalue weighted by Gasteiger charge is -2.19. The van der Waals surface area contributed by atoms with Crippen molar-refractivity contribution in [3.8, 4) is 11.5 Å². The average Bonchev–Trinajstić information content (AvgIpc) is 2.65. The van der Waals surface area contributed by atoms with Gasteiger partial charge >= 0.3 is 0 Å². The molecule has 2 N–H and O–H groups in total. The lowest BCUT2D eigenvalue weighted by molar-refractivity contribution is -0.126. The van der Waals surface area contributed by atoms with Gasteiger partial charge in [0.25, 0.3) is 0 Å². The number of methoxy groups -OCH3 is 2. The minimum absolute atomic E-state index is 0.0482. The summed E-state index contributed by atoms with van der Waals surface area (Å²) in [5.74, 6) is 0.507. The number of hydrogen-bond donors (Lipinski definition) is 2. The number of amides is 2. The molecule has 6 heteroatoms. The maximum Gasteiger partial charge on any atom is 0.233 e. The Bertz CT molecular complexity index is 823. The molecule has 0 saturated carbocycles. The van der Waals surface area contributed by atoms with Crippen LogP contribution in [0.3, 0.4) is 0 Å². The van der Waals surface area contributed by atoms with Crippen molar-refractivity contribution in [1.29, 1.82) is 0 Å². The lowest BCUT2D eigenvalue weighted by atomic mass is 9.87. The largest absolute Gasteiger partial charge is 0.493 e. The van der Waals surface area contributed by atoms with Gasteiger partial charge in [-0.1, -0.05) is 39.0 Å². The Morgan fingerprint density at radius 1 is 0.893 bits per heavy atom. The van der Waals surface area contributed by atoms with Crippen molar-refractivity contribution in [3.05, 3.63) is 53.6 Å². The molecule has 0 fully saturated rings. The number of benzene rings is 2. The molecule has 2 aromatic rings. The van der Waals surface area contributed by atoms with E-state index in [2.05, 4.69) is 31.4 Å². The van der Waals surface area contributed by atoms with E-state index in [4.69, 9.17) is 9.47 Å². The third kappa shape index (κ3) is 6.01. The molecule has 28 heavy (non-hydrogen) atoms. The fourth-order valence-electron chi connectivity index (χ4n) is 2.66. The van der Waals surface area contributed by atoms with Crippen molar-refractivity contribution in [2.45, 2.75) is 39.2 Å². The zero-order valence-electron chi connectivity index (χ0n) is 17.1. The highest BCUT2D eigenvalue weighted by Crippen LogP contribution is 2.27. The molecule has 2 amide bonds. The fraction of sp³-hybridized carbons (Fsp3) is 0.364. The van der Waals surface area contributed by atoms with Crippen LogP contribution < -0.4 is 20.1 Å². The first kappa shape index (κ1) is 21.3. The van der Waals surface area contributed by atoms with Gasteiger partial charge in [-0.25, -0.2) is 0 Å². The molecule has 0 spiro atoms. The summed E-state index contributed by atoms with van der Waals surface area (Å²) in [6, 6.07) is 13.0. The van der Waals surface area contributed by atoms with Crippen LogP contribution in [0.2, 0.25) is 0 Å². The van der Waals surface area contributed by atoms with Gasteiger partial charge in [-0.15, -0.1) is 0 Å². The van der Waals surface area contributed by atoms with Gasteiger partial charge in [0.05, 0.1) is 14.2 Å². The number of nitrogens with one attached hydrogen (secondary N) is 2. The molecule has 0 aliphatic carbocycles. The minimum atomic E-state index is -0.353. The molecule has 0 radical (unpaired) electrons. The summed E-state index contributed by atoms with van der Waals surface area (Å²) in [6.45, 7) is 6.68. The number of ether oxygens (including phenoxy) is 2. The SMILES string of the molecule is COc1ccc(CNC(=O)CC(=O)Nc2ccc(C(C)(C)C)cc2)cc1OC. The van der Waals surface area contributed by atoms with Gasteiger partial charge in [0.2, 0.25) is 11.8 Å². The number of carbonyl (C=O) groups excluding carboxylic acids is 2. The normalized spacial score (nSPS) is 10.9. The maximum absolute atomic E-state index is 12.1. The molecule has 2 rings (SSSR count). The molecule has 0 aliphatic heterocycles. The number of hydrogen-bond acceptors (Lipinski definition) is 4. The molecule has 6 nitrogen and oxygen atoms in total. The van der Waals surface area contributed by atoms with E-state index in [0.717, 1.165) is 5.56 Å². The standard InChI is InChI=1S/C22H28N2O4/c1-22(2,3)16-7-9-17(10-8-16)24-21(26)13-20(25)23-14-15-6-11-18(27-4)19(12-15)28-5/h6-12H,13-14H2,1-5H3,(H,23,25)(H,24,26). The van der Waals surface area contributed by atoms with Crippen LogP contribution in [0.4, 0.5) is 5.69 Å². The zero-order chi connectivity index (χ0) is 20.7. The number of anilines is 1. The molecule has 0 aromatic heterocycles. The van der Waals surface area contributed by atoms with Gasteiger partial charge in [0.15, 0.2) is 11.5 Å². The quantitative estimate of drug-likeness (QED) is 0.715. The molecule has 150 valence electrons. The van der Waals surface area contributed by atoms with E-state index in [1.54, 1.807) is 26.4 Å². The number of rotatable bonds is 7. The fourth-order valence-corrected chi connectivity index (χ4v) is 2.66. The first-order chi connectivity index (χ1) is 13.2. The monoisotopic (exact) mass is 384 g/mol. The van der Waals surface area contributed by atoms with Gasteiger partial charge in [-0.05, 0) is 40.8 Å². The van der Waals surface area contributed by atoms with Crippen molar-refractivity contribution in [2.75, 3.05) is 19.5 Å². The highest BCUT2D eigenvalue weighted by Gasteiger charge is 2.14. The van der Waals surface area contributed by atoms with Gasteiger partial charge < -0.3 is 20.1 Å². The Morgan fingerprint density at radius 2 is 1.54 bits per heavy atom.